The lowest BCUT2D eigenvalue weighted by Gasteiger charge is -2.21. The van der Waals surface area contributed by atoms with Crippen molar-refractivity contribution in [1.82, 2.24) is 29.5 Å². The summed E-state index contributed by atoms with van der Waals surface area (Å²) in [5, 5.41) is 3.89. The average molecular weight is 628 g/mol. The Kier molecular flexibility index (Phi) is 7.86. The van der Waals surface area contributed by atoms with Crippen molar-refractivity contribution < 1.29 is 17.7 Å². The molecule has 0 spiro atoms. The van der Waals surface area contributed by atoms with E-state index < -0.39 is 10.0 Å². The van der Waals surface area contributed by atoms with E-state index in [-0.39, 0.29) is 16.8 Å². The second-order valence-corrected chi connectivity index (χ2v) is 13.3. The van der Waals surface area contributed by atoms with Gasteiger partial charge in [-0.3, -0.25) is 0 Å². The van der Waals surface area contributed by atoms with Crippen LogP contribution in [0.25, 0.3) is 22.3 Å². The van der Waals surface area contributed by atoms with Gasteiger partial charge in [-0.2, -0.15) is 0 Å². The van der Waals surface area contributed by atoms with Crippen LogP contribution in [0.3, 0.4) is 0 Å². The molecule has 6 rings (SSSR count). The molecule has 2 amide bonds. The first-order valence-corrected chi connectivity index (χ1v) is 16.5. The highest BCUT2D eigenvalue weighted by Crippen LogP contribution is 2.34. The number of pyridine rings is 1. The summed E-state index contributed by atoms with van der Waals surface area (Å²) >= 11 is 0. The molecular formula is C33H37N7O4S. The topological polar surface area (TPSA) is 126 Å². The van der Waals surface area contributed by atoms with Crippen molar-refractivity contribution in [2.75, 3.05) is 24.9 Å². The third kappa shape index (κ3) is 5.66. The van der Waals surface area contributed by atoms with Gasteiger partial charge in [0.15, 0.2) is 5.65 Å². The van der Waals surface area contributed by atoms with Crippen LogP contribution in [0.15, 0.2) is 57.9 Å². The van der Waals surface area contributed by atoms with Crippen molar-refractivity contribution in [2.45, 2.75) is 59.0 Å². The summed E-state index contributed by atoms with van der Waals surface area (Å²) < 4.78 is 37.5. The zero-order valence-electron chi connectivity index (χ0n) is 26.4. The van der Waals surface area contributed by atoms with Crippen molar-refractivity contribution in [3.63, 3.8) is 0 Å². The van der Waals surface area contributed by atoms with Crippen LogP contribution in [0, 0.1) is 27.7 Å². The van der Waals surface area contributed by atoms with Gasteiger partial charge in [-0.25, -0.2) is 27.9 Å². The van der Waals surface area contributed by atoms with Crippen molar-refractivity contribution in [2.24, 2.45) is 0 Å². The van der Waals surface area contributed by atoms with Crippen LogP contribution in [-0.4, -0.2) is 64.1 Å². The minimum Gasteiger partial charge on any atom is -0.337 e. The van der Waals surface area contributed by atoms with E-state index in [0.717, 1.165) is 51.4 Å². The summed E-state index contributed by atoms with van der Waals surface area (Å²) in [7, 11) is -2.27. The highest BCUT2D eigenvalue weighted by atomic mass is 32.2. The summed E-state index contributed by atoms with van der Waals surface area (Å²) in [5.41, 5.74) is 8.06. The van der Waals surface area contributed by atoms with E-state index in [1.807, 2.05) is 31.2 Å². The number of aromatic nitrogens is 4. The number of amides is 2. The number of nitrogens with zero attached hydrogens (tertiary/aromatic N) is 6. The number of sulfonamides is 1. The average Bonchev–Trinajstić information content (AvgIpc) is 3.64. The number of nitrogens with one attached hydrogen (secondary N) is 1. The largest absolute Gasteiger partial charge is 0.337 e. The normalized spacial score (nSPS) is 13.8. The number of rotatable bonds is 9. The molecule has 1 aliphatic heterocycles. The SMILES string of the molecule is CCc1nc2c(C)cc(C)nc2n1Cc1ccc(-c2ccccc2S(=O)(=O)Nc2onc(C)c2C)c(CN2CCN(C)C2=O)c1. The van der Waals surface area contributed by atoms with Gasteiger partial charge in [-0.1, -0.05) is 48.5 Å². The zero-order chi connectivity index (χ0) is 32.0. The maximum atomic E-state index is 13.7. The lowest BCUT2D eigenvalue weighted by molar-refractivity contribution is 0.197. The molecule has 3 aromatic heterocycles. The van der Waals surface area contributed by atoms with Crippen LogP contribution in [0.4, 0.5) is 10.7 Å². The maximum Gasteiger partial charge on any atom is 0.320 e. The number of aryl methyl sites for hydroxylation is 4. The lowest BCUT2D eigenvalue weighted by atomic mass is 9.96. The van der Waals surface area contributed by atoms with E-state index >= 15 is 0 Å². The molecule has 1 N–H and O–H groups in total. The number of carbonyl (C=O) groups excluding carboxylic acids is 1. The molecule has 0 bridgehead atoms. The molecule has 0 unspecified atom stereocenters. The summed E-state index contributed by atoms with van der Waals surface area (Å²) in [4.78, 5) is 26.3. The first-order chi connectivity index (χ1) is 21.5. The van der Waals surface area contributed by atoms with Gasteiger partial charge in [-0.05, 0) is 62.1 Å². The van der Waals surface area contributed by atoms with E-state index in [0.29, 0.717) is 43.0 Å². The van der Waals surface area contributed by atoms with E-state index in [1.54, 1.807) is 48.9 Å². The van der Waals surface area contributed by atoms with Gasteiger partial charge in [0.25, 0.3) is 10.0 Å². The molecule has 1 aliphatic rings. The Morgan fingerprint density at radius 1 is 0.956 bits per heavy atom. The molecule has 0 radical (unpaired) electrons. The molecule has 12 heteroatoms. The number of hydrogen-bond donors (Lipinski definition) is 1. The Balaban J connectivity index is 1.45. The first-order valence-electron chi connectivity index (χ1n) is 15.0. The van der Waals surface area contributed by atoms with E-state index in [1.165, 1.54) is 0 Å². The van der Waals surface area contributed by atoms with Gasteiger partial charge in [0.05, 0.1) is 17.1 Å². The van der Waals surface area contributed by atoms with Gasteiger partial charge in [0.1, 0.15) is 11.3 Å². The molecular weight excluding hydrogens is 590 g/mol. The van der Waals surface area contributed by atoms with Gasteiger partial charge >= 0.3 is 6.03 Å². The van der Waals surface area contributed by atoms with Crippen molar-refractivity contribution in [3.05, 3.63) is 88.0 Å². The Hall–Kier alpha value is -4.71. The highest BCUT2D eigenvalue weighted by molar-refractivity contribution is 7.92. The highest BCUT2D eigenvalue weighted by Gasteiger charge is 2.28. The van der Waals surface area contributed by atoms with Crippen molar-refractivity contribution >= 4 is 33.1 Å². The third-order valence-corrected chi connectivity index (χ3v) is 9.83. The minimum absolute atomic E-state index is 0.0610. The molecule has 2 aromatic carbocycles. The second kappa shape index (κ2) is 11.7. The lowest BCUT2D eigenvalue weighted by Crippen LogP contribution is -2.29. The van der Waals surface area contributed by atoms with Crippen LogP contribution in [0.5, 0.6) is 0 Å². The number of carbonyl (C=O) groups is 1. The number of benzene rings is 2. The molecule has 4 heterocycles. The summed E-state index contributed by atoms with van der Waals surface area (Å²) in [6.45, 7) is 11.7. The zero-order valence-corrected chi connectivity index (χ0v) is 27.2. The van der Waals surface area contributed by atoms with Crippen LogP contribution < -0.4 is 4.72 Å². The Bertz CT molecular complexity index is 2050. The first kappa shape index (κ1) is 30.3. The summed E-state index contributed by atoms with van der Waals surface area (Å²) in [6, 6.07) is 14.9. The number of likely N-dealkylation sites (N-methyl/N-ethyl adjacent to an activating group) is 1. The summed E-state index contributed by atoms with van der Waals surface area (Å²) in [6.07, 6.45) is 0.747. The fraction of sp³-hybridized carbons (Fsp3) is 0.333. The molecule has 1 fully saturated rings. The number of imidazole rings is 1. The number of anilines is 1. The fourth-order valence-corrected chi connectivity index (χ4v) is 7.14. The molecule has 0 aliphatic carbocycles. The smallest absolute Gasteiger partial charge is 0.320 e. The molecule has 11 nitrogen and oxygen atoms in total. The van der Waals surface area contributed by atoms with E-state index in [2.05, 4.69) is 34.4 Å². The molecule has 5 aromatic rings. The number of fused-ring (bicyclic) bond motifs is 1. The molecule has 234 valence electrons. The van der Waals surface area contributed by atoms with Crippen LogP contribution in [0.2, 0.25) is 0 Å². The maximum absolute atomic E-state index is 13.7. The minimum atomic E-state index is -4.05. The van der Waals surface area contributed by atoms with Gasteiger partial charge in [0.2, 0.25) is 5.88 Å². The molecule has 0 saturated carbocycles. The van der Waals surface area contributed by atoms with Gasteiger partial charge in [0, 0.05) is 49.9 Å². The van der Waals surface area contributed by atoms with Crippen LogP contribution in [-0.2, 0) is 29.5 Å². The molecule has 0 atom stereocenters. The fourth-order valence-electron chi connectivity index (χ4n) is 5.87. The van der Waals surface area contributed by atoms with Crippen LogP contribution >= 0.6 is 0 Å². The molecule has 45 heavy (non-hydrogen) atoms. The summed E-state index contributed by atoms with van der Waals surface area (Å²) in [5.74, 6) is 1.02. The van der Waals surface area contributed by atoms with Crippen molar-refractivity contribution in [1.29, 1.82) is 0 Å². The van der Waals surface area contributed by atoms with Crippen molar-refractivity contribution in [3.8, 4) is 11.1 Å². The quantitative estimate of drug-likeness (QED) is 0.225. The van der Waals surface area contributed by atoms with Crippen LogP contribution in [0.1, 0.15) is 46.4 Å². The molecule has 1 saturated heterocycles. The standard InChI is InChI=1S/C33H37N7O4S/c1-7-29-35-30-20(2)16-21(3)34-31(30)40(29)18-24-12-13-26(25(17-24)19-39-15-14-38(6)33(39)41)27-10-8-9-11-28(27)45(42,43)37-32-22(4)23(5)36-44-32/h8-13,16-17,37H,7,14-15,18-19H2,1-6H3. The second-order valence-electron chi connectivity index (χ2n) is 11.7. The number of urea groups is 1. The Morgan fingerprint density at radius 3 is 2.42 bits per heavy atom. The van der Waals surface area contributed by atoms with Gasteiger partial charge < -0.3 is 18.9 Å². The monoisotopic (exact) mass is 627 g/mol. The Morgan fingerprint density at radius 2 is 1.73 bits per heavy atom. The third-order valence-electron chi connectivity index (χ3n) is 8.44. The van der Waals surface area contributed by atoms with E-state index in [9.17, 15) is 13.2 Å². The predicted molar refractivity (Wildman–Crippen MR) is 173 cm³/mol. The number of hydrogen-bond acceptors (Lipinski definition) is 7. The predicted octanol–water partition coefficient (Wildman–Crippen LogP) is 5.60. The van der Waals surface area contributed by atoms with Gasteiger partial charge in [-0.15, -0.1) is 0 Å². The Labute approximate surface area is 262 Å². The van der Waals surface area contributed by atoms with E-state index in [4.69, 9.17) is 14.5 Å².